The van der Waals surface area contributed by atoms with Gasteiger partial charge in [0.25, 0.3) is 15.9 Å². The molecule has 40 heavy (non-hydrogen) atoms. The molecule has 1 amide bonds. The van der Waals surface area contributed by atoms with Crippen molar-refractivity contribution in [2.75, 3.05) is 62.1 Å². The quantitative estimate of drug-likeness (QED) is 0.488. The Morgan fingerprint density at radius 3 is 2.05 bits per heavy atom. The maximum atomic E-state index is 13.5. The van der Waals surface area contributed by atoms with E-state index >= 15 is 0 Å². The Kier molecular flexibility index (Phi) is 10.0. The van der Waals surface area contributed by atoms with E-state index in [0.29, 0.717) is 48.7 Å². The molecule has 0 radical (unpaired) electrons. The van der Waals surface area contributed by atoms with Crippen molar-refractivity contribution < 1.29 is 41.0 Å². The van der Waals surface area contributed by atoms with Crippen LogP contribution in [0.25, 0.3) is 0 Å². The average Bonchev–Trinajstić information content (AvgIpc) is 2.88. The lowest BCUT2D eigenvalue weighted by Gasteiger charge is -2.32. The van der Waals surface area contributed by atoms with Crippen LogP contribution in [0.5, 0.6) is 0 Å². The number of aryl methyl sites for hydroxylation is 3. The normalized spacial score (nSPS) is 16.1. The molecule has 2 aromatic carbocycles. The molecule has 2 heterocycles. The van der Waals surface area contributed by atoms with Gasteiger partial charge in [0.15, 0.2) is 0 Å². The van der Waals surface area contributed by atoms with Crippen LogP contribution in [0, 0.1) is 20.8 Å². The van der Waals surface area contributed by atoms with Gasteiger partial charge in [-0.25, -0.2) is 13.2 Å². The first-order valence-electron chi connectivity index (χ1n) is 12.6. The number of halogens is 3. The van der Waals surface area contributed by atoms with E-state index in [1.54, 1.807) is 17.0 Å². The van der Waals surface area contributed by atoms with Crippen molar-refractivity contribution in [1.29, 1.82) is 0 Å². The predicted octanol–water partition coefficient (Wildman–Crippen LogP) is 2.93. The number of piperazine rings is 1. The first kappa shape index (κ1) is 31.2. The summed E-state index contributed by atoms with van der Waals surface area (Å²) in [5.41, 5.74) is 4.08. The summed E-state index contributed by atoms with van der Waals surface area (Å²) in [6.07, 6.45) is -5.08. The third-order valence-electron chi connectivity index (χ3n) is 6.36. The zero-order valence-electron chi connectivity index (χ0n) is 22.5. The summed E-state index contributed by atoms with van der Waals surface area (Å²) in [7, 11) is -3.86. The van der Waals surface area contributed by atoms with Gasteiger partial charge in [-0.15, -0.1) is 0 Å². The van der Waals surface area contributed by atoms with Crippen molar-refractivity contribution in [2.45, 2.75) is 31.8 Å². The Labute approximate surface area is 231 Å². The summed E-state index contributed by atoms with van der Waals surface area (Å²) >= 11 is 0. The molecule has 2 saturated heterocycles. The molecule has 2 fully saturated rings. The Balaban J connectivity index is 0.000000559. The number of carbonyl (C=O) groups is 2. The van der Waals surface area contributed by atoms with Crippen molar-refractivity contribution in [2.24, 2.45) is 0 Å². The number of anilines is 2. The standard InChI is InChI=1S/C24H32N4O4S.C2HF3O2/c1-17-14-18(2)23(19(3)15-17)33(30,31)26-21-16-20(24(29)28-10-12-32-13-11-28)4-5-22(21)27-8-6-25-7-9-27;3-2(4,5)1(6)7/h4-5,14-16,25-26H,6-13H2,1-3H3;(H,6,7). The molecule has 10 nitrogen and oxygen atoms in total. The molecule has 0 saturated carbocycles. The highest BCUT2D eigenvalue weighted by Gasteiger charge is 2.38. The number of nitrogens with zero attached hydrogens (tertiary/aromatic N) is 2. The molecule has 220 valence electrons. The molecule has 0 bridgehead atoms. The second-order valence-electron chi connectivity index (χ2n) is 9.51. The van der Waals surface area contributed by atoms with Crippen LogP contribution < -0.4 is 14.9 Å². The van der Waals surface area contributed by atoms with Crippen molar-refractivity contribution in [3.63, 3.8) is 0 Å². The number of rotatable bonds is 5. The Hall–Kier alpha value is -3.36. The van der Waals surface area contributed by atoms with Gasteiger partial charge < -0.3 is 25.0 Å². The minimum absolute atomic E-state index is 0.117. The molecular formula is C26H33F3N4O6S. The number of hydrogen-bond acceptors (Lipinski definition) is 7. The highest BCUT2D eigenvalue weighted by atomic mass is 32.2. The van der Waals surface area contributed by atoms with Gasteiger partial charge in [0.1, 0.15) is 0 Å². The van der Waals surface area contributed by atoms with E-state index in [9.17, 15) is 26.4 Å². The third kappa shape index (κ3) is 7.86. The summed E-state index contributed by atoms with van der Waals surface area (Å²) in [4.78, 5) is 26.2. The SMILES string of the molecule is Cc1cc(C)c(S(=O)(=O)Nc2cc(C(=O)N3CCOCC3)ccc2N2CCNCC2)c(C)c1.O=C(O)C(F)(F)F. The molecule has 4 rings (SSSR count). The van der Waals surface area contributed by atoms with Gasteiger partial charge in [0, 0.05) is 44.8 Å². The third-order valence-corrected chi connectivity index (χ3v) is 8.03. The number of sulfonamides is 1. The number of alkyl halides is 3. The largest absolute Gasteiger partial charge is 0.490 e. The molecule has 0 aliphatic carbocycles. The summed E-state index contributed by atoms with van der Waals surface area (Å²) in [5.74, 6) is -2.87. The highest BCUT2D eigenvalue weighted by molar-refractivity contribution is 7.92. The van der Waals surface area contributed by atoms with Crippen LogP contribution in [0.1, 0.15) is 27.0 Å². The minimum atomic E-state index is -5.08. The monoisotopic (exact) mass is 586 g/mol. The fourth-order valence-corrected chi connectivity index (χ4v) is 6.19. The zero-order chi connectivity index (χ0) is 29.7. The number of morpholine rings is 1. The van der Waals surface area contributed by atoms with Crippen LogP contribution in [-0.4, -0.2) is 89.0 Å². The second-order valence-corrected chi connectivity index (χ2v) is 11.1. The van der Waals surface area contributed by atoms with Crippen LogP contribution in [0.4, 0.5) is 24.5 Å². The molecule has 2 aromatic rings. The number of aliphatic carboxylic acids is 1. The van der Waals surface area contributed by atoms with Gasteiger partial charge in [-0.2, -0.15) is 13.2 Å². The summed E-state index contributed by atoms with van der Waals surface area (Å²) < 4.78 is 66.9. The second kappa shape index (κ2) is 12.9. The maximum absolute atomic E-state index is 13.5. The van der Waals surface area contributed by atoms with Crippen molar-refractivity contribution >= 4 is 33.3 Å². The van der Waals surface area contributed by atoms with E-state index in [0.717, 1.165) is 37.4 Å². The number of hydrogen-bond donors (Lipinski definition) is 3. The molecule has 0 spiro atoms. The summed E-state index contributed by atoms with van der Waals surface area (Å²) in [5, 5.41) is 10.4. The fourth-order valence-electron chi connectivity index (χ4n) is 4.67. The molecule has 2 aliphatic heterocycles. The van der Waals surface area contributed by atoms with Gasteiger partial charge in [-0.1, -0.05) is 17.7 Å². The van der Waals surface area contributed by atoms with Crippen LogP contribution in [0.3, 0.4) is 0 Å². The molecule has 0 unspecified atom stereocenters. The van der Waals surface area contributed by atoms with E-state index in [1.807, 2.05) is 39.0 Å². The van der Waals surface area contributed by atoms with E-state index in [2.05, 4.69) is 14.9 Å². The topological polar surface area (TPSA) is 128 Å². The minimum Gasteiger partial charge on any atom is -0.475 e. The Bertz CT molecular complexity index is 1320. The lowest BCUT2D eigenvalue weighted by atomic mass is 10.1. The van der Waals surface area contributed by atoms with E-state index in [1.165, 1.54) is 0 Å². The molecular weight excluding hydrogens is 553 g/mol. The van der Waals surface area contributed by atoms with Gasteiger partial charge in [-0.3, -0.25) is 9.52 Å². The van der Waals surface area contributed by atoms with E-state index in [-0.39, 0.29) is 10.8 Å². The average molecular weight is 587 g/mol. The number of ether oxygens (including phenoxy) is 1. The van der Waals surface area contributed by atoms with Gasteiger partial charge in [0.05, 0.1) is 29.5 Å². The molecule has 3 N–H and O–H groups in total. The van der Waals surface area contributed by atoms with Gasteiger partial charge in [0.2, 0.25) is 0 Å². The number of amides is 1. The van der Waals surface area contributed by atoms with Crippen molar-refractivity contribution in [3.8, 4) is 0 Å². The molecule has 14 heteroatoms. The first-order valence-corrected chi connectivity index (χ1v) is 14.1. The first-order chi connectivity index (χ1) is 18.7. The maximum Gasteiger partial charge on any atom is 0.490 e. The summed E-state index contributed by atoms with van der Waals surface area (Å²) in [6, 6.07) is 9.06. The summed E-state index contributed by atoms with van der Waals surface area (Å²) in [6.45, 7) is 10.8. The number of nitrogens with one attached hydrogen (secondary N) is 2. The number of carbonyl (C=O) groups excluding carboxylic acids is 1. The smallest absolute Gasteiger partial charge is 0.475 e. The van der Waals surface area contributed by atoms with Crippen LogP contribution >= 0.6 is 0 Å². The fraction of sp³-hybridized carbons (Fsp3) is 0.462. The Morgan fingerprint density at radius 1 is 0.975 bits per heavy atom. The predicted molar refractivity (Wildman–Crippen MR) is 143 cm³/mol. The van der Waals surface area contributed by atoms with Crippen molar-refractivity contribution in [1.82, 2.24) is 10.2 Å². The molecule has 0 atom stereocenters. The van der Waals surface area contributed by atoms with Crippen LogP contribution in [0.2, 0.25) is 0 Å². The van der Waals surface area contributed by atoms with Crippen molar-refractivity contribution in [3.05, 3.63) is 52.6 Å². The van der Waals surface area contributed by atoms with Crippen LogP contribution in [0.15, 0.2) is 35.2 Å². The highest BCUT2D eigenvalue weighted by Crippen LogP contribution is 2.32. The van der Waals surface area contributed by atoms with Gasteiger partial charge >= 0.3 is 12.1 Å². The molecule has 2 aliphatic rings. The number of carboxylic acids is 1. The number of benzene rings is 2. The lowest BCUT2D eigenvalue weighted by molar-refractivity contribution is -0.192. The zero-order valence-corrected chi connectivity index (χ0v) is 23.3. The lowest BCUT2D eigenvalue weighted by Crippen LogP contribution is -2.44. The van der Waals surface area contributed by atoms with E-state index < -0.39 is 22.2 Å². The molecule has 0 aromatic heterocycles. The number of carboxylic acid groups (broad SMARTS) is 1. The Morgan fingerprint density at radius 2 is 1.52 bits per heavy atom. The van der Waals surface area contributed by atoms with E-state index in [4.69, 9.17) is 14.6 Å². The van der Waals surface area contributed by atoms with Gasteiger partial charge in [-0.05, 0) is 50.1 Å². The van der Waals surface area contributed by atoms with Crippen LogP contribution in [-0.2, 0) is 19.6 Å².